The molecule has 1 spiro atoms. The molecular formula is C9H19N. The maximum atomic E-state index is 3.42. The molecule has 0 bridgehead atoms. The van der Waals surface area contributed by atoms with E-state index in [0.717, 1.165) is 11.3 Å². The van der Waals surface area contributed by atoms with Crippen molar-refractivity contribution in [2.45, 2.75) is 33.6 Å². The van der Waals surface area contributed by atoms with Gasteiger partial charge in [0, 0.05) is 6.54 Å². The second-order valence-electron chi connectivity index (χ2n) is 3.39. The summed E-state index contributed by atoms with van der Waals surface area (Å²) in [6.07, 6.45) is 2.97. The van der Waals surface area contributed by atoms with Gasteiger partial charge in [0.05, 0.1) is 0 Å². The van der Waals surface area contributed by atoms with Gasteiger partial charge in [0.1, 0.15) is 0 Å². The molecule has 1 nitrogen and oxygen atoms in total. The zero-order valence-corrected chi connectivity index (χ0v) is 7.41. The van der Waals surface area contributed by atoms with Crippen LogP contribution in [-0.2, 0) is 0 Å². The van der Waals surface area contributed by atoms with E-state index in [1.54, 1.807) is 0 Å². The molecule has 1 saturated carbocycles. The molecule has 1 unspecified atom stereocenters. The Labute approximate surface area is 64.2 Å². The number of hydrogen-bond donors (Lipinski definition) is 1. The third-order valence-electron chi connectivity index (χ3n) is 2.87. The molecular weight excluding hydrogens is 122 g/mol. The average Bonchev–Trinajstić information content (AvgIpc) is 2.65. The lowest BCUT2D eigenvalue weighted by molar-refractivity contribution is 0.432. The summed E-state index contributed by atoms with van der Waals surface area (Å²) in [6.45, 7) is 8.93. The van der Waals surface area contributed by atoms with Gasteiger partial charge in [-0.3, -0.25) is 0 Å². The Bertz CT molecular complexity index is 105. The lowest BCUT2D eigenvalue weighted by Crippen LogP contribution is -2.09. The lowest BCUT2D eigenvalue weighted by atomic mass is 9.95. The highest BCUT2D eigenvalue weighted by Gasteiger charge is 2.49. The molecule has 2 aliphatic rings. The molecule has 10 heavy (non-hydrogen) atoms. The van der Waals surface area contributed by atoms with Crippen molar-refractivity contribution >= 4 is 0 Å². The molecule has 0 amide bonds. The smallest absolute Gasteiger partial charge is 0.00110 e. The second kappa shape index (κ2) is 2.91. The van der Waals surface area contributed by atoms with Crippen molar-refractivity contribution in [3.63, 3.8) is 0 Å². The van der Waals surface area contributed by atoms with Crippen molar-refractivity contribution in [1.29, 1.82) is 0 Å². The van der Waals surface area contributed by atoms with Crippen LogP contribution in [0, 0.1) is 11.3 Å². The minimum absolute atomic E-state index is 0.792. The minimum Gasteiger partial charge on any atom is -0.316 e. The Balaban J connectivity index is 0.000000231. The summed E-state index contributed by atoms with van der Waals surface area (Å²) in [5, 5.41) is 3.42. The Kier molecular flexibility index (Phi) is 2.35. The molecule has 1 atom stereocenters. The molecule has 0 aromatic carbocycles. The predicted octanol–water partition coefficient (Wildman–Crippen LogP) is 2.03. The maximum absolute atomic E-state index is 3.42. The van der Waals surface area contributed by atoms with E-state index in [0.29, 0.717) is 0 Å². The van der Waals surface area contributed by atoms with Gasteiger partial charge in [-0.05, 0) is 30.7 Å². The van der Waals surface area contributed by atoms with Gasteiger partial charge in [-0.15, -0.1) is 0 Å². The van der Waals surface area contributed by atoms with Crippen LogP contribution in [0.5, 0.6) is 0 Å². The van der Waals surface area contributed by atoms with E-state index < -0.39 is 0 Å². The summed E-state index contributed by atoms with van der Waals surface area (Å²) >= 11 is 0. The fourth-order valence-electron chi connectivity index (χ4n) is 1.76. The van der Waals surface area contributed by atoms with E-state index in [-0.39, 0.29) is 0 Å². The van der Waals surface area contributed by atoms with Gasteiger partial charge in [-0.25, -0.2) is 0 Å². The van der Waals surface area contributed by atoms with Gasteiger partial charge >= 0.3 is 0 Å². The van der Waals surface area contributed by atoms with E-state index in [1.165, 1.54) is 25.9 Å². The summed E-state index contributed by atoms with van der Waals surface area (Å²) in [7, 11) is 0. The summed E-state index contributed by atoms with van der Waals surface area (Å²) in [5.74, 6) is 0.961. The van der Waals surface area contributed by atoms with Crippen molar-refractivity contribution in [2.24, 2.45) is 11.3 Å². The number of rotatable bonds is 0. The van der Waals surface area contributed by atoms with Crippen LogP contribution < -0.4 is 5.32 Å². The summed E-state index contributed by atoms with van der Waals surface area (Å²) < 4.78 is 0. The van der Waals surface area contributed by atoms with E-state index >= 15 is 0 Å². The fraction of sp³-hybridized carbons (Fsp3) is 1.00. The molecule has 0 radical (unpaired) electrons. The van der Waals surface area contributed by atoms with Crippen LogP contribution >= 0.6 is 0 Å². The van der Waals surface area contributed by atoms with Crippen LogP contribution in [0.25, 0.3) is 0 Å². The number of hydrogen-bond acceptors (Lipinski definition) is 1. The molecule has 0 aromatic heterocycles. The third kappa shape index (κ3) is 1.20. The fourth-order valence-corrected chi connectivity index (χ4v) is 1.76. The van der Waals surface area contributed by atoms with Crippen LogP contribution in [0.3, 0.4) is 0 Å². The summed E-state index contributed by atoms with van der Waals surface area (Å²) in [6, 6.07) is 0. The summed E-state index contributed by atoms with van der Waals surface area (Å²) in [5.41, 5.74) is 0.792. The highest BCUT2D eigenvalue weighted by Crippen LogP contribution is 2.53. The van der Waals surface area contributed by atoms with Gasteiger partial charge in [0.25, 0.3) is 0 Å². The second-order valence-corrected chi connectivity index (χ2v) is 3.39. The van der Waals surface area contributed by atoms with Gasteiger partial charge in [0.15, 0.2) is 0 Å². The van der Waals surface area contributed by atoms with Crippen molar-refractivity contribution in [3.05, 3.63) is 0 Å². The Morgan fingerprint density at radius 3 is 2.10 bits per heavy atom. The van der Waals surface area contributed by atoms with Crippen LogP contribution in [0.15, 0.2) is 0 Å². The Morgan fingerprint density at radius 2 is 1.90 bits per heavy atom. The largest absolute Gasteiger partial charge is 0.316 e. The molecule has 1 aliphatic heterocycles. The molecule has 1 heteroatoms. The standard InChI is InChI=1S/C7H13N.C2H6/c1-6-4-8-5-7(6)2-3-7;1-2/h6,8H,2-5H2,1H3;1-2H3. The maximum Gasteiger partial charge on any atom is 0.00110 e. The highest BCUT2D eigenvalue weighted by molar-refractivity contribution is 5.02. The van der Waals surface area contributed by atoms with Crippen LogP contribution in [0.1, 0.15) is 33.6 Å². The van der Waals surface area contributed by atoms with E-state index in [1.807, 2.05) is 13.8 Å². The van der Waals surface area contributed by atoms with E-state index in [4.69, 9.17) is 0 Å². The zero-order valence-electron chi connectivity index (χ0n) is 7.41. The molecule has 2 fully saturated rings. The molecule has 1 N–H and O–H groups in total. The monoisotopic (exact) mass is 141 g/mol. The molecule has 2 rings (SSSR count). The Morgan fingerprint density at radius 1 is 1.30 bits per heavy atom. The normalized spacial score (nSPS) is 33.3. The number of nitrogens with one attached hydrogen (secondary N) is 1. The molecule has 0 aromatic rings. The van der Waals surface area contributed by atoms with Crippen LogP contribution in [0.2, 0.25) is 0 Å². The highest BCUT2D eigenvalue weighted by atomic mass is 15.0. The predicted molar refractivity (Wildman–Crippen MR) is 45.0 cm³/mol. The first-order valence-electron chi connectivity index (χ1n) is 4.54. The van der Waals surface area contributed by atoms with Crippen molar-refractivity contribution in [2.75, 3.05) is 13.1 Å². The topological polar surface area (TPSA) is 12.0 Å². The first-order chi connectivity index (χ1) is 4.83. The zero-order chi connectivity index (χ0) is 7.61. The van der Waals surface area contributed by atoms with Gasteiger partial charge in [-0.1, -0.05) is 20.8 Å². The van der Waals surface area contributed by atoms with E-state index in [9.17, 15) is 0 Å². The molecule has 1 saturated heterocycles. The van der Waals surface area contributed by atoms with Crippen LogP contribution in [0.4, 0.5) is 0 Å². The van der Waals surface area contributed by atoms with Crippen molar-refractivity contribution < 1.29 is 0 Å². The average molecular weight is 141 g/mol. The van der Waals surface area contributed by atoms with Crippen molar-refractivity contribution in [3.8, 4) is 0 Å². The molecule has 1 heterocycles. The quantitative estimate of drug-likeness (QED) is 0.544. The van der Waals surface area contributed by atoms with Crippen molar-refractivity contribution in [1.82, 2.24) is 5.32 Å². The summed E-state index contributed by atoms with van der Waals surface area (Å²) in [4.78, 5) is 0. The molecule has 60 valence electrons. The minimum atomic E-state index is 0.792. The van der Waals surface area contributed by atoms with E-state index in [2.05, 4.69) is 12.2 Å². The first-order valence-corrected chi connectivity index (χ1v) is 4.54. The van der Waals surface area contributed by atoms with Gasteiger partial charge in [0.2, 0.25) is 0 Å². The first kappa shape index (κ1) is 8.06. The third-order valence-corrected chi connectivity index (χ3v) is 2.87. The van der Waals surface area contributed by atoms with Gasteiger partial charge < -0.3 is 5.32 Å². The lowest BCUT2D eigenvalue weighted by Gasteiger charge is -2.08. The Hall–Kier alpha value is -0.0400. The SMILES string of the molecule is CC.CC1CNCC12CC2. The molecule has 1 aliphatic carbocycles. The van der Waals surface area contributed by atoms with Gasteiger partial charge in [-0.2, -0.15) is 0 Å². The van der Waals surface area contributed by atoms with Crippen LogP contribution in [-0.4, -0.2) is 13.1 Å².